The Kier molecular flexibility index (Phi) is 6.81. The molecule has 1 heterocycles. The summed E-state index contributed by atoms with van der Waals surface area (Å²) in [6, 6.07) is 8.41. The fourth-order valence-electron chi connectivity index (χ4n) is 3.30. The SMILES string of the molecule is CC(NCC(C)(C)CC1CCOCC1)c1ccc(S(C)=O)cc1. The highest BCUT2D eigenvalue weighted by atomic mass is 32.2. The van der Waals surface area contributed by atoms with Crippen LogP contribution < -0.4 is 5.32 Å². The van der Waals surface area contributed by atoms with Crippen molar-refractivity contribution in [3.8, 4) is 0 Å². The highest BCUT2D eigenvalue weighted by Crippen LogP contribution is 2.31. The molecule has 1 saturated heterocycles. The molecule has 0 aliphatic carbocycles. The summed E-state index contributed by atoms with van der Waals surface area (Å²) in [5.41, 5.74) is 1.54. The van der Waals surface area contributed by atoms with Gasteiger partial charge in [0, 0.05) is 47.8 Å². The zero-order valence-corrected chi connectivity index (χ0v) is 15.7. The molecule has 1 aromatic rings. The predicted molar refractivity (Wildman–Crippen MR) is 97.1 cm³/mol. The molecule has 130 valence electrons. The van der Waals surface area contributed by atoms with E-state index in [4.69, 9.17) is 4.74 Å². The van der Waals surface area contributed by atoms with Crippen LogP contribution in [0.25, 0.3) is 0 Å². The molecule has 2 rings (SSSR count). The quantitative estimate of drug-likeness (QED) is 0.819. The summed E-state index contributed by atoms with van der Waals surface area (Å²) >= 11 is 0. The van der Waals surface area contributed by atoms with Crippen molar-refractivity contribution < 1.29 is 8.95 Å². The van der Waals surface area contributed by atoms with E-state index in [1.54, 1.807) is 6.26 Å². The van der Waals surface area contributed by atoms with E-state index < -0.39 is 10.8 Å². The van der Waals surface area contributed by atoms with Gasteiger partial charge in [0.25, 0.3) is 0 Å². The molecule has 0 saturated carbocycles. The van der Waals surface area contributed by atoms with E-state index in [2.05, 4.69) is 38.2 Å². The summed E-state index contributed by atoms with van der Waals surface area (Å²) in [6.07, 6.45) is 5.38. The van der Waals surface area contributed by atoms with Crippen LogP contribution in [0.2, 0.25) is 0 Å². The van der Waals surface area contributed by atoms with Crippen LogP contribution in [0, 0.1) is 11.3 Å². The first-order valence-corrected chi connectivity index (χ1v) is 10.2. The third-order valence-electron chi connectivity index (χ3n) is 4.78. The van der Waals surface area contributed by atoms with Gasteiger partial charge in [-0.1, -0.05) is 26.0 Å². The number of ether oxygens (including phenoxy) is 1. The van der Waals surface area contributed by atoms with Gasteiger partial charge in [-0.2, -0.15) is 0 Å². The van der Waals surface area contributed by atoms with Crippen molar-refractivity contribution in [3.63, 3.8) is 0 Å². The summed E-state index contributed by atoms with van der Waals surface area (Å²) in [5.74, 6) is 0.801. The van der Waals surface area contributed by atoms with Crippen LogP contribution >= 0.6 is 0 Å². The lowest BCUT2D eigenvalue weighted by Crippen LogP contribution is -2.34. The van der Waals surface area contributed by atoms with Gasteiger partial charge >= 0.3 is 0 Å². The molecule has 1 aliphatic heterocycles. The highest BCUT2D eigenvalue weighted by Gasteiger charge is 2.25. The van der Waals surface area contributed by atoms with Gasteiger partial charge in [-0.15, -0.1) is 0 Å². The van der Waals surface area contributed by atoms with Gasteiger partial charge in [0.2, 0.25) is 0 Å². The van der Waals surface area contributed by atoms with Crippen LogP contribution in [0.3, 0.4) is 0 Å². The van der Waals surface area contributed by atoms with E-state index in [0.717, 1.165) is 30.6 Å². The molecule has 1 fully saturated rings. The van der Waals surface area contributed by atoms with Crippen molar-refractivity contribution in [3.05, 3.63) is 29.8 Å². The van der Waals surface area contributed by atoms with Crippen LogP contribution in [-0.4, -0.2) is 30.2 Å². The Morgan fingerprint density at radius 3 is 2.43 bits per heavy atom. The minimum atomic E-state index is -0.903. The van der Waals surface area contributed by atoms with Gasteiger partial charge < -0.3 is 10.1 Å². The molecule has 0 aromatic heterocycles. The van der Waals surface area contributed by atoms with Crippen LogP contribution in [0.15, 0.2) is 29.2 Å². The average Bonchev–Trinajstić information content (AvgIpc) is 2.53. The van der Waals surface area contributed by atoms with Crippen molar-refractivity contribution in [2.45, 2.75) is 51.0 Å². The molecule has 23 heavy (non-hydrogen) atoms. The average molecular weight is 338 g/mol. The summed E-state index contributed by atoms with van der Waals surface area (Å²) in [5, 5.41) is 3.67. The van der Waals surface area contributed by atoms with E-state index in [1.807, 2.05) is 12.1 Å². The van der Waals surface area contributed by atoms with Gasteiger partial charge in [-0.3, -0.25) is 4.21 Å². The van der Waals surface area contributed by atoms with Crippen molar-refractivity contribution in [2.24, 2.45) is 11.3 Å². The van der Waals surface area contributed by atoms with Gasteiger partial charge in [-0.25, -0.2) is 0 Å². The van der Waals surface area contributed by atoms with Crippen LogP contribution in [0.1, 0.15) is 51.6 Å². The lowest BCUT2D eigenvalue weighted by atomic mass is 9.79. The fraction of sp³-hybridized carbons (Fsp3) is 0.684. The Morgan fingerprint density at radius 1 is 1.26 bits per heavy atom. The minimum Gasteiger partial charge on any atom is -0.381 e. The van der Waals surface area contributed by atoms with Gasteiger partial charge in [0.15, 0.2) is 0 Å². The number of rotatable bonds is 7. The lowest BCUT2D eigenvalue weighted by Gasteiger charge is -2.33. The molecule has 0 radical (unpaired) electrons. The monoisotopic (exact) mass is 337 g/mol. The van der Waals surface area contributed by atoms with E-state index in [-0.39, 0.29) is 0 Å². The standard InChI is InChI=1S/C19H31NO2S/c1-15(17-5-7-18(8-6-17)23(4)21)20-14-19(2,3)13-16-9-11-22-12-10-16/h5-8,15-16,20H,9-14H2,1-4H3. The van der Waals surface area contributed by atoms with E-state index in [9.17, 15) is 4.21 Å². The summed E-state index contributed by atoms with van der Waals surface area (Å²) in [7, 11) is -0.903. The number of hydrogen-bond donors (Lipinski definition) is 1. The maximum Gasteiger partial charge on any atom is 0.0498 e. The van der Waals surface area contributed by atoms with Gasteiger partial charge in [0.1, 0.15) is 0 Å². The number of hydrogen-bond acceptors (Lipinski definition) is 3. The zero-order valence-electron chi connectivity index (χ0n) is 14.9. The second-order valence-corrected chi connectivity index (χ2v) is 8.93. The maximum absolute atomic E-state index is 11.5. The Bertz CT molecular complexity index is 507. The first-order valence-electron chi connectivity index (χ1n) is 8.62. The molecule has 4 heteroatoms. The smallest absolute Gasteiger partial charge is 0.0498 e. The first kappa shape index (κ1) is 18.6. The van der Waals surface area contributed by atoms with Crippen molar-refractivity contribution in [1.82, 2.24) is 5.32 Å². The van der Waals surface area contributed by atoms with Crippen LogP contribution in [0.5, 0.6) is 0 Å². The Morgan fingerprint density at radius 2 is 1.87 bits per heavy atom. The minimum absolute atomic E-state index is 0.293. The molecule has 2 atom stereocenters. The lowest BCUT2D eigenvalue weighted by molar-refractivity contribution is 0.0509. The molecule has 2 unspecified atom stereocenters. The molecule has 1 aliphatic rings. The summed E-state index contributed by atoms with van der Waals surface area (Å²) in [6.45, 7) is 9.76. The molecule has 1 N–H and O–H groups in total. The maximum atomic E-state index is 11.5. The van der Waals surface area contributed by atoms with E-state index >= 15 is 0 Å². The van der Waals surface area contributed by atoms with E-state index in [0.29, 0.717) is 11.5 Å². The van der Waals surface area contributed by atoms with Gasteiger partial charge in [0.05, 0.1) is 0 Å². The molecule has 1 aromatic carbocycles. The van der Waals surface area contributed by atoms with Gasteiger partial charge in [-0.05, 0) is 55.2 Å². The first-order chi connectivity index (χ1) is 10.9. The second-order valence-electron chi connectivity index (χ2n) is 7.55. The number of nitrogens with one attached hydrogen (secondary N) is 1. The second kappa shape index (κ2) is 8.41. The normalized spacial score (nSPS) is 19.5. The van der Waals surface area contributed by atoms with Crippen LogP contribution in [-0.2, 0) is 15.5 Å². The molecule has 0 bridgehead atoms. The zero-order chi connectivity index (χ0) is 16.9. The fourth-order valence-corrected chi connectivity index (χ4v) is 3.82. The Labute approximate surface area is 143 Å². The van der Waals surface area contributed by atoms with Crippen molar-refractivity contribution >= 4 is 10.8 Å². The predicted octanol–water partition coefficient (Wildman–Crippen LogP) is 3.92. The summed E-state index contributed by atoms with van der Waals surface area (Å²) < 4.78 is 16.9. The molecular weight excluding hydrogens is 306 g/mol. The molecule has 0 amide bonds. The van der Waals surface area contributed by atoms with E-state index in [1.165, 1.54) is 24.8 Å². The molecule has 3 nitrogen and oxygen atoms in total. The largest absolute Gasteiger partial charge is 0.381 e. The topological polar surface area (TPSA) is 38.3 Å². The molecular formula is C19H31NO2S. The van der Waals surface area contributed by atoms with Crippen molar-refractivity contribution in [1.29, 1.82) is 0 Å². The third-order valence-corrected chi connectivity index (χ3v) is 5.72. The number of benzene rings is 1. The highest BCUT2D eigenvalue weighted by molar-refractivity contribution is 7.84. The summed E-state index contributed by atoms with van der Waals surface area (Å²) in [4.78, 5) is 0.890. The molecule has 0 spiro atoms. The third kappa shape index (κ3) is 6.02. The van der Waals surface area contributed by atoms with Crippen molar-refractivity contribution in [2.75, 3.05) is 26.0 Å². The van der Waals surface area contributed by atoms with Crippen LogP contribution in [0.4, 0.5) is 0 Å². The Balaban J connectivity index is 1.84. The Hall–Kier alpha value is -0.710.